The number of anilines is 1. The van der Waals surface area contributed by atoms with E-state index in [0.717, 1.165) is 17.7 Å². The van der Waals surface area contributed by atoms with Gasteiger partial charge in [-0.15, -0.1) is 0 Å². The second kappa shape index (κ2) is 8.19. The highest BCUT2D eigenvalue weighted by Gasteiger charge is 2.36. The molecule has 1 unspecified atom stereocenters. The van der Waals surface area contributed by atoms with Crippen LogP contribution in [0.5, 0.6) is 0 Å². The van der Waals surface area contributed by atoms with Gasteiger partial charge >= 0.3 is 0 Å². The van der Waals surface area contributed by atoms with Crippen molar-refractivity contribution in [3.05, 3.63) is 64.0 Å². The summed E-state index contributed by atoms with van der Waals surface area (Å²) >= 11 is 0. The normalized spacial score (nSPS) is 17.8. The Morgan fingerprint density at radius 3 is 2.57 bits per heavy atom. The summed E-state index contributed by atoms with van der Waals surface area (Å²) in [5.74, 6) is -0.846. The predicted octanol–water partition coefficient (Wildman–Crippen LogP) is 3.07. The largest absolute Gasteiger partial charge is 0.364 e. The summed E-state index contributed by atoms with van der Waals surface area (Å²) in [4.78, 5) is 28.8. The quantitative estimate of drug-likeness (QED) is 0.444. The molecule has 0 spiro atoms. The molecule has 9 nitrogen and oxygen atoms in total. The fraction of sp³-hybridized carbons (Fsp3) is 0.375. The topological polar surface area (TPSA) is 91.0 Å². The highest BCUT2D eigenvalue weighted by molar-refractivity contribution is 5.89. The van der Waals surface area contributed by atoms with E-state index in [-0.39, 0.29) is 39.9 Å². The molecule has 1 aliphatic rings. The Bertz CT molecular complexity index is 1510. The summed E-state index contributed by atoms with van der Waals surface area (Å²) in [5.41, 5.74) is 0.331. The molecule has 4 heterocycles. The fourth-order valence-electron chi connectivity index (χ4n) is 4.37. The molecule has 1 atom stereocenters. The molecule has 0 aliphatic carbocycles. The smallest absolute Gasteiger partial charge is 0.279 e. The first-order valence-corrected chi connectivity index (χ1v) is 11.1. The summed E-state index contributed by atoms with van der Waals surface area (Å²) < 4.78 is 37.9. The third kappa shape index (κ3) is 4.16. The standard InChI is InChI=1S/C24H25F2N7O2/c1-13-28-20-19(16-7-6-15(25)8-17(16)26)29-23(30-21(20)22(34)32(13)5)33-11-18(35-24(2,3)12-33)14-9-27-31(4)10-14/h6-10,18H,11-12H2,1-5H3. The lowest BCUT2D eigenvalue weighted by Crippen LogP contribution is -2.50. The van der Waals surface area contributed by atoms with Gasteiger partial charge in [0, 0.05) is 44.0 Å². The van der Waals surface area contributed by atoms with Crippen LogP contribution in [0.3, 0.4) is 0 Å². The van der Waals surface area contributed by atoms with Gasteiger partial charge in [-0.1, -0.05) is 0 Å². The van der Waals surface area contributed by atoms with Gasteiger partial charge in [0.2, 0.25) is 5.95 Å². The number of hydrogen-bond donors (Lipinski definition) is 0. The maximum atomic E-state index is 14.9. The third-order valence-electron chi connectivity index (χ3n) is 6.12. The van der Waals surface area contributed by atoms with Crippen molar-refractivity contribution in [1.29, 1.82) is 0 Å². The van der Waals surface area contributed by atoms with E-state index in [1.54, 1.807) is 24.9 Å². The lowest BCUT2D eigenvalue weighted by molar-refractivity contribution is -0.0859. The molecule has 1 fully saturated rings. The predicted molar refractivity (Wildman–Crippen MR) is 126 cm³/mol. The zero-order valence-corrected chi connectivity index (χ0v) is 20.1. The van der Waals surface area contributed by atoms with Crippen molar-refractivity contribution < 1.29 is 13.5 Å². The lowest BCUT2D eigenvalue weighted by atomic mass is 10.0. The van der Waals surface area contributed by atoms with Gasteiger partial charge in [0.1, 0.15) is 34.8 Å². The van der Waals surface area contributed by atoms with Gasteiger partial charge in [0.25, 0.3) is 5.56 Å². The molecule has 35 heavy (non-hydrogen) atoms. The molecule has 1 aromatic carbocycles. The number of aryl methyl sites for hydroxylation is 2. The minimum absolute atomic E-state index is 0.0385. The summed E-state index contributed by atoms with van der Waals surface area (Å²) in [6.45, 7) is 6.40. The zero-order valence-electron chi connectivity index (χ0n) is 20.1. The van der Waals surface area contributed by atoms with Crippen molar-refractivity contribution in [2.75, 3.05) is 18.0 Å². The SMILES string of the molecule is Cc1nc2c(-c3ccc(F)cc3F)nc(N3CC(c4cnn(C)c4)OC(C)(C)C3)nc2c(=O)n1C. The third-order valence-corrected chi connectivity index (χ3v) is 6.12. The van der Waals surface area contributed by atoms with Crippen LogP contribution in [0.4, 0.5) is 14.7 Å². The fourth-order valence-corrected chi connectivity index (χ4v) is 4.37. The van der Waals surface area contributed by atoms with Gasteiger partial charge in [0.05, 0.1) is 18.3 Å². The maximum absolute atomic E-state index is 14.9. The van der Waals surface area contributed by atoms with Crippen molar-refractivity contribution in [3.63, 3.8) is 0 Å². The van der Waals surface area contributed by atoms with E-state index in [1.165, 1.54) is 10.6 Å². The number of hydrogen-bond acceptors (Lipinski definition) is 7. The number of halogens is 2. The van der Waals surface area contributed by atoms with Gasteiger partial charge in [-0.25, -0.2) is 23.7 Å². The first-order chi connectivity index (χ1) is 16.5. The summed E-state index contributed by atoms with van der Waals surface area (Å²) in [7, 11) is 3.43. The van der Waals surface area contributed by atoms with Crippen LogP contribution in [0.25, 0.3) is 22.3 Å². The van der Waals surface area contributed by atoms with E-state index in [0.29, 0.717) is 18.9 Å². The van der Waals surface area contributed by atoms with Crippen molar-refractivity contribution in [2.24, 2.45) is 14.1 Å². The molecule has 1 aliphatic heterocycles. The zero-order chi connectivity index (χ0) is 25.1. The Balaban J connectivity index is 1.71. The number of morpholine rings is 1. The first-order valence-electron chi connectivity index (χ1n) is 11.1. The summed E-state index contributed by atoms with van der Waals surface area (Å²) in [6.07, 6.45) is 3.30. The summed E-state index contributed by atoms with van der Waals surface area (Å²) in [5, 5.41) is 4.24. The molecule has 4 aromatic rings. The van der Waals surface area contributed by atoms with E-state index < -0.39 is 17.2 Å². The summed E-state index contributed by atoms with van der Waals surface area (Å²) in [6, 6.07) is 3.23. The van der Waals surface area contributed by atoms with Crippen LogP contribution in [0.2, 0.25) is 0 Å². The van der Waals surface area contributed by atoms with E-state index in [1.807, 2.05) is 32.0 Å². The molecule has 0 amide bonds. The van der Waals surface area contributed by atoms with Crippen LogP contribution in [-0.2, 0) is 18.8 Å². The van der Waals surface area contributed by atoms with Gasteiger partial charge < -0.3 is 9.64 Å². The average Bonchev–Trinajstić information content (AvgIpc) is 3.23. The van der Waals surface area contributed by atoms with Crippen molar-refractivity contribution >= 4 is 17.0 Å². The average molecular weight is 482 g/mol. The van der Waals surface area contributed by atoms with Crippen LogP contribution in [0.15, 0.2) is 35.4 Å². The Kier molecular flexibility index (Phi) is 5.39. The Morgan fingerprint density at radius 2 is 1.89 bits per heavy atom. The number of nitrogens with zero attached hydrogens (tertiary/aromatic N) is 7. The molecule has 3 aromatic heterocycles. The van der Waals surface area contributed by atoms with Crippen LogP contribution >= 0.6 is 0 Å². The number of rotatable bonds is 3. The number of benzene rings is 1. The van der Waals surface area contributed by atoms with Crippen molar-refractivity contribution in [3.8, 4) is 11.3 Å². The van der Waals surface area contributed by atoms with E-state index in [9.17, 15) is 13.6 Å². The molecule has 182 valence electrons. The van der Waals surface area contributed by atoms with E-state index >= 15 is 0 Å². The van der Waals surface area contributed by atoms with Crippen LogP contribution in [0, 0.1) is 18.6 Å². The van der Waals surface area contributed by atoms with Crippen molar-refractivity contribution in [2.45, 2.75) is 32.5 Å². The Hall–Kier alpha value is -3.73. The highest BCUT2D eigenvalue weighted by Crippen LogP contribution is 2.34. The molecule has 0 radical (unpaired) electrons. The molecule has 5 rings (SSSR count). The minimum atomic E-state index is -0.799. The molecular weight excluding hydrogens is 456 g/mol. The molecule has 0 saturated carbocycles. The van der Waals surface area contributed by atoms with Crippen molar-refractivity contribution in [1.82, 2.24) is 29.3 Å². The molecule has 1 saturated heterocycles. The lowest BCUT2D eigenvalue weighted by Gasteiger charge is -2.42. The van der Waals surface area contributed by atoms with Gasteiger partial charge in [0.15, 0.2) is 5.52 Å². The van der Waals surface area contributed by atoms with E-state index in [4.69, 9.17) is 4.74 Å². The molecule has 11 heteroatoms. The van der Waals surface area contributed by atoms with E-state index in [2.05, 4.69) is 20.1 Å². The number of aromatic nitrogens is 6. The van der Waals surface area contributed by atoms with Crippen LogP contribution < -0.4 is 10.5 Å². The molecule has 0 N–H and O–H groups in total. The Morgan fingerprint density at radius 1 is 1.11 bits per heavy atom. The second-order valence-corrected chi connectivity index (χ2v) is 9.41. The van der Waals surface area contributed by atoms with Gasteiger partial charge in [-0.05, 0) is 32.9 Å². The highest BCUT2D eigenvalue weighted by atomic mass is 19.1. The number of ether oxygens (including phenoxy) is 1. The monoisotopic (exact) mass is 481 g/mol. The Labute approximate surface area is 200 Å². The number of fused-ring (bicyclic) bond motifs is 1. The van der Waals surface area contributed by atoms with Crippen LogP contribution in [0.1, 0.15) is 31.3 Å². The molecular formula is C24H25F2N7O2. The molecule has 0 bridgehead atoms. The maximum Gasteiger partial charge on any atom is 0.279 e. The van der Waals surface area contributed by atoms with Crippen LogP contribution in [-0.4, -0.2) is 48.0 Å². The minimum Gasteiger partial charge on any atom is -0.364 e. The van der Waals surface area contributed by atoms with Gasteiger partial charge in [-0.3, -0.25) is 14.0 Å². The van der Waals surface area contributed by atoms with Gasteiger partial charge in [-0.2, -0.15) is 5.10 Å². The first kappa shape index (κ1) is 23.0. The second-order valence-electron chi connectivity index (χ2n) is 9.41.